The van der Waals surface area contributed by atoms with Crippen LogP contribution in [0.25, 0.3) is 38.6 Å². The van der Waals surface area contributed by atoms with Gasteiger partial charge in [-0.15, -0.1) is 0 Å². The van der Waals surface area contributed by atoms with E-state index in [0.29, 0.717) is 22.7 Å². The van der Waals surface area contributed by atoms with Gasteiger partial charge >= 0.3 is 12.4 Å². The number of hydrogen-bond donors (Lipinski definition) is 0. The summed E-state index contributed by atoms with van der Waals surface area (Å²) < 4.78 is 84.7. The summed E-state index contributed by atoms with van der Waals surface area (Å²) in [5.74, 6) is -0.403. The van der Waals surface area contributed by atoms with Crippen LogP contribution in [0.3, 0.4) is 0 Å². The molecule has 0 N–H and O–H groups in total. The summed E-state index contributed by atoms with van der Waals surface area (Å²) in [5, 5.41) is 5.35. The molecule has 0 amide bonds. The molecule has 7 nitrogen and oxygen atoms in total. The van der Waals surface area contributed by atoms with Gasteiger partial charge in [0, 0.05) is 53.7 Å². The van der Waals surface area contributed by atoms with Gasteiger partial charge in [0.05, 0.1) is 16.6 Å². The van der Waals surface area contributed by atoms with Crippen LogP contribution in [0.5, 0.6) is 5.88 Å². The summed E-state index contributed by atoms with van der Waals surface area (Å²) in [4.78, 5) is 21.2. The standard InChI is InChI=1S/C24H15F6N5O2/c1-34-10-15-8-16(4-5-17(15)33-34)35-11-14-3-7-19(37-12-23(25,26)27)32-21(14)20(22(35)36)13-2-6-18(31-9-13)24(28,29)30/h2-11H,12H2,1H3. The minimum Gasteiger partial charge on any atom is -0.468 e. The number of aromatic nitrogens is 5. The second kappa shape index (κ2) is 8.61. The van der Waals surface area contributed by atoms with Gasteiger partial charge in [-0.3, -0.25) is 19.0 Å². The molecule has 0 bridgehead atoms. The predicted molar refractivity (Wildman–Crippen MR) is 121 cm³/mol. The van der Waals surface area contributed by atoms with Gasteiger partial charge in [-0.1, -0.05) is 6.07 Å². The molecule has 0 aliphatic heterocycles. The smallest absolute Gasteiger partial charge is 0.433 e. The zero-order valence-electron chi connectivity index (χ0n) is 18.8. The van der Waals surface area contributed by atoms with E-state index in [1.807, 2.05) is 0 Å². The first-order valence-electron chi connectivity index (χ1n) is 10.6. The number of aryl methyl sites for hydroxylation is 1. The molecule has 0 saturated carbocycles. The Kier molecular flexibility index (Phi) is 5.65. The number of alkyl halides is 6. The zero-order valence-corrected chi connectivity index (χ0v) is 18.8. The molecule has 5 aromatic rings. The fraction of sp³-hybridized carbons (Fsp3) is 0.167. The number of pyridine rings is 3. The average Bonchev–Trinajstić information content (AvgIpc) is 3.20. The Morgan fingerprint density at radius 3 is 2.41 bits per heavy atom. The Labute approximate surface area is 203 Å². The second-order valence-corrected chi connectivity index (χ2v) is 8.15. The molecule has 37 heavy (non-hydrogen) atoms. The lowest BCUT2D eigenvalue weighted by Gasteiger charge is -2.14. The van der Waals surface area contributed by atoms with E-state index in [2.05, 4.69) is 15.1 Å². The van der Waals surface area contributed by atoms with Gasteiger partial charge in [-0.2, -0.15) is 31.4 Å². The zero-order chi connectivity index (χ0) is 26.5. The maximum Gasteiger partial charge on any atom is 0.433 e. The first-order chi connectivity index (χ1) is 17.4. The molecule has 4 aromatic heterocycles. The first kappa shape index (κ1) is 24.3. The van der Waals surface area contributed by atoms with Crippen LogP contribution < -0.4 is 10.3 Å². The second-order valence-electron chi connectivity index (χ2n) is 8.15. The first-order valence-corrected chi connectivity index (χ1v) is 10.6. The van der Waals surface area contributed by atoms with E-state index >= 15 is 0 Å². The maximum atomic E-state index is 13.7. The van der Waals surface area contributed by atoms with Crippen molar-refractivity contribution in [1.29, 1.82) is 0 Å². The Morgan fingerprint density at radius 1 is 0.946 bits per heavy atom. The van der Waals surface area contributed by atoms with Crippen molar-refractivity contribution in [2.75, 3.05) is 6.61 Å². The lowest BCUT2D eigenvalue weighted by Crippen LogP contribution is -2.21. The molecule has 0 aliphatic carbocycles. The Balaban J connectivity index is 1.72. The molecule has 13 heteroatoms. The fourth-order valence-corrected chi connectivity index (χ4v) is 3.86. The monoisotopic (exact) mass is 519 g/mol. The van der Waals surface area contributed by atoms with Gasteiger partial charge in [-0.05, 0) is 30.3 Å². The third-order valence-corrected chi connectivity index (χ3v) is 5.45. The number of fused-ring (bicyclic) bond motifs is 2. The lowest BCUT2D eigenvalue weighted by atomic mass is 10.0. The van der Waals surface area contributed by atoms with Crippen LogP contribution in [0.4, 0.5) is 26.3 Å². The number of rotatable bonds is 4. The molecule has 0 atom stereocenters. The Hall–Kier alpha value is -4.42. The molecule has 190 valence electrons. The Morgan fingerprint density at radius 2 is 1.73 bits per heavy atom. The van der Waals surface area contributed by atoms with Crippen LogP contribution >= 0.6 is 0 Å². The van der Waals surface area contributed by atoms with Gasteiger partial charge in [-0.25, -0.2) is 4.98 Å². The van der Waals surface area contributed by atoms with Crippen molar-refractivity contribution in [3.63, 3.8) is 0 Å². The van der Waals surface area contributed by atoms with E-state index in [0.717, 1.165) is 17.6 Å². The van der Waals surface area contributed by atoms with Crippen molar-refractivity contribution < 1.29 is 31.1 Å². The number of ether oxygens (including phenoxy) is 1. The number of hydrogen-bond acceptors (Lipinski definition) is 5. The van der Waals surface area contributed by atoms with Crippen molar-refractivity contribution in [2.45, 2.75) is 12.4 Å². The molecule has 0 spiro atoms. The minimum absolute atomic E-state index is 0.000257. The third-order valence-electron chi connectivity index (χ3n) is 5.45. The quantitative estimate of drug-likeness (QED) is 0.302. The van der Waals surface area contributed by atoms with Crippen molar-refractivity contribution in [1.82, 2.24) is 24.3 Å². The highest BCUT2D eigenvalue weighted by molar-refractivity contribution is 5.93. The van der Waals surface area contributed by atoms with Crippen LogP contribution in [0.15, 0.2) is 65.8 Å². The molecule has 0 unspecified atom stereocenters. The van der Waals surface area contributed by atoms with Gasteiger partial charge < -0.3 is 4.74 Å². The number of nitrogens with zero attached hydrogens (tertiary/aromatic N) is 5. The van der Waals surface area contributed by atoms with Crippen molar-refractivity contribution in [3.8, 4) is 22.7 Å². The fourth-order valence-electron chi connectivity index (χ4n) is 3.86. The largest absolute Gasteiger partial charge is 0.468 e. The molecule has 0 fully saturated rings. The van der Waals surface area contributed by atoms with Crippen LogP contribution in [0.2, 0.25) is 0 Å². The van der Waals surface area contributed by atoms with Crippen molar-refractivity contribution >= 4 is 21.8 Å². The molecule has 5 rings (SSSR count). The highest BCUT2D eigenvalue weighted by atomic mass is 19.4. The summed E-state index contributed by atoms with van der Waals surface area (Å²) in [5.41, 5.74) is -0.919. The molecular formula is C24H15F6N5O2. The molecule has 4 heterocycles. The van der Waals surface area contributed by atoms with Gasteiger partial charge in [0.2, 0.25) is 5.88 Å². The molecule has 0 aliphatic rings. The van der Waals surface area contributed by atoms with Crippen LogP contribution in [-0.2, 0) is 13.2 Å². The summed E-state index contributed by atoms with van der Waals surface area (Å²) in [6.07, 6.45) is -5.26. The lowest BCUT2D eigenvalue weighted by molar-refractivity contribution is -0.154. The molecule has 0 saturated heterocycles. The Bertz CT molecular complexity index is 1690. The molecule has 1 aromatic carbocycles. The van der Waals surface area contributed by atoms with Crippen LogP contribution in [0.1, 0.15) is 5.69 Å². The summed E-state index contributed by atoms with van der Waals surface area (Å²) >= 11 is 0. The number of benzene rings is 1. The van der Waals surface area contributed by atoms with Crippen molar-refractivity contribution in [3.05, 3.63) is 77.1 Å². The predicted octanol–water partition coefficient (Wildman–Crippen LogP) is 5.29. The third kappa shape index (κ3) is 4.84. The van der Waals surface area contributed by atoms with E-state index in [1.54, 1.807) is 36.1 Å². The maximum absolute atomic E-state index is 13.7. The summed E-state index contributed by atoms with van der Waals surface area (Å²) in [6.45, 7) is -1.61. The number of halogens is 6. The van der Waals surface area contributed by atoms with Gasteiger partial charge in [0.15, 0.2) is 6.61 Å². The average molecular weight is 519 g/mol. The molecular weight excluding hydrogens is 504 g/mol. The van der Waals surface area contributed by atoms with Gasteiger partial charge in [0.25, 0.3) is 5.56 Å². The van der Waals surface area contributed by atoms with Crippen molar-refractivity contribution in [2.24, 2.45) is 7.05 Å². The van der Waals surface area contributed by atoms with E-state index in [9.17, 15) is 31.1 Å². The summed E-state index contributed by atoms with van der Waals surface area (Å²) in [6, 6.07) is 9.45. The van der Waals surface area contributed by atoms with E-state index in [-0.39, 0.29) is 16.6 Å². The molecule has 0 radical (unpaired) electrons. The normalized spacial score (nSPS) is 12.4. The highest BCUT2D eigenvalue weighted by Gasteiger charge is 2.32. The van der Waals surface area contributed by atoms with Gasteiger partial charge in [0.1, 0.15) is 5.69 Å². The van der Waals surface area contributed by atoms with E-state index in [4.69, 9.17) is 4.74 Å². The van der Waals surface area contributed by atoms with Crippen LogP contribution in [-0.4, -0.2) is 37.1 Å². The van der Waals surface area contributed by atoms with E-state index in [1.165, 1.54) is 22.9 Å². The SMILES string of the molecule is Cn1cc2cc(-n3cc4ccc(OCC(F)(F)F)nc4c(-c4ccc(C(F)(F)F)nc4)c3=O)ccc2n1. The van der Waals surface area contributed by atoms with Crippen LogP contribution in [0, 0.1) is 0 Å². The highest BCUT2D eigenvalue weighted by Crippen LogP contribution is 2.31. The van der Waals surface area contributed by atoms with E-state index < -0.39 is 36.1 Å². The topological polar surface area (TPSA) is 74.8 Å². The summed E-state index contributed by atoms with van der Waals surface area (Å²) in [7, 11) is 1.74. The minimum atomic E-state index is -4.70.